The second-order valence-corrected chi connectivity index (χ2v) is 5.69. The van der Waals surface area contributed by atoms with Crippen molar-refractivity contribution in [3.05, 3.63) is 59.4 Å². The second kappa shape index (κ2) is 5.25. The lowest BCUT2D eigenvalue weighted by Gasteiger charge is -2.15. The molecule has 1 unspecified atom stereocenters. The van der Waals surface area contributed by atoms with E-state index in [2.05, 4.69) is 35.8 Å². The zero-order chi connectivity index (χ0) is 13.2. The molecule has 0 saturated carbocycles. The average molecular weight is 273 g/mol. The van der Waals surface area contributed by atoms with Gasteiger partial charge in [-0.1, -0.05) is 6.07 Å². The van der Waals surface area contributed by atoms with E-state index in [1.54, 1.807) is 23.9 Å². The van der Waals surface area contributed by atoms with Gasteiger partial charge < -0.3 is 5.32 Å². The summed E-state index contributed by atoms with van der Waals surface area (Å²) in [5, 5.41) is 3.54. The molecule has 0 saturated heterocycles. The van der Waals surface area contributed by atoms with E-state index in [4.69, 9.17) is 0 Å². The molecule has 1 nitrogen and oxygen atoms in total. The van der Waals surface area contributed by atoms with Gasteiger partial charge >= 0.3 is 0 Å². The smallest absolute Gasteiger partial charge is 0.123 e. The van der Waals surface area contributed by atoms with Crippen LogP contribution in [0.25, 0.3) is 0 Å². The molecule has 2 aromatic rings. The predicted molar refractivity (Wildman–Crippen MR) is 79.3 cm³/mol. The number of nitrogens with one attached hydrogen (secondary N) is 1. The summed E-state index contributed by atoms with van der Waals surface area (Å²) >= 11 is 1.74. The van der Waals surface area contributed by atoms with Gasteiger partial charge in [0.25, 0.3) is 0 Å². The highest BCUT2D eigenvalue weighted by Gasteiger charge is 2.22. The van der Waals surface area contributed by atoms with Gasteiger partial charge in [-0.15, -0.1) is 11.8 Å². The largest absolute Gasteiger partial charge is 0.378 e. The van der Waals surface area contributed by atoms with E-state index in [1.807, 2.05) is 6.07 Å². The molecule has 1 aliphatic rings. The Kier molecular flexibility index (Phi) is 3.47. The molecule has 19 heavy (non-hydrogen) atoms. The number of benzene rings is 2. The molecule has 3 heteroatoms. The van der Waals surface area contributed by atoms with Gasteiger partial charge in [-0.3, -0.25) is 0 Å². The summed E-state index contributed by atoms with van der Waals surface area (Å²) in [6, 6.07) is 13.9. The van der Waals surface area contributed by atoms with E-state index < -0.39 is 0 Å². The third-order valence-corrected chi connectivity index (χ3v) is 4.36. The fourth-order valence-corrected chi connectivity index (χ4v) is 3.03. The lowest BCUT2D eigenvalue weighted by Crippen LogP contribution is -2.06. The first-order valence-electron chi connectivity index (χ1n) is 6.45. The number of rotatable bonds is 3. The molecular formula is C16H16FNS. The van der Waals surface area contributed by atoms with Crippen LogP contribution in [0, 0.1) is 5.82 Å². The summed E-state index contributed by atoms with van der Waals surface area (Å²) in [6.07, 6.45) is 4.06. The zero-order valence-electron chi connectivity index (χ0n) is 10.8. The molecule has 1 N–H and O–H groups in total. The topological polar surface area (TPSA) is 12.0 Å². The standard InChI is InChI=1S/C16H16FNS/c1-19-14-6-4-13(5-7-14)18-16-9-2-11-10-12(17)3-8-15(11)16/h3-8,10,16,18H,2,9H2,1H3. The monoisotopic (exact) mass is 273 g/mol. The fourth-order valence-electron chi connectivity index (χ4n) is 2.62. The lowest BCUT2D eigenvalue weighted by molar-refractivity contribution is 0.626. The number of aryl methyl sites for hydroxylation is 1. The van der Waals surface area contributed by atoms with Crippen molar-refractivity contribution in [2.45, 2.75) is 23.8 Å². The summed E-state index contributed by atoms with van der Waals surface area (Å²) in [7, 11) is 0. The fraction of sp³-hybridized carbons (Fsp3) is 0.250. The van der Waals surface area contributed by atoms with E-state index in [0.29, 0.717) is 6.04 Å². The minimum Gasteiger partial charge on any atom is -0.378 e. The SMILES string of the molecule is CSc1ccc(NC2CCc3cc(F)ccc32)cc1. The van der Waals surface area contributed by atoms with Crippen molar-refractivity contribution >= 4 is 17.4 Å². The predicted octanol–water partition coefficient (Wildman–Crippen LogP) is 4.65. The molecule has 0 heterocycles. The first-order chi connectivity index (χ1) is 9.26. The molecule has 2 aromatic carbocycles. The maximum atomic E-state index is 13.2. The summed E-state index contributed by atoms with van der Waals surface area (Å²) in [6.45, 7) is 0. The van der Waals surface area contributed by atoms with Gasteiger partial charge in [0.15, 0.2) is 0 Å². The van der Waals surface area contributed by atoms with Crippen LogP contribution >= 0.6 is 11.8 Å². The van der Waals surface area contributed by atoms with E-state index in [1.165, 1.54) is 10.5 Å². The minimum atomic E-state index is -0.135. The molecule has 1 atom stereocenters. The third-order valence-electron chi connectivity index (χ3n) is 3.61. The first-order valence-corrected chi connectivity index (χ1v) is 7.67. The van der Waals surface area contributed by atoms with Crippen molar-refractivity contribution < 1.29 is 4.39 Å². The van der Waals surface area contributed by atoms with E-state index >= 15 is 0 Å². The minimum absolute atomic E-state index is 0.135. The highest BCUT2D eigenvalue weighted by molar-refractivity contribution is 7.98. The Labute approximate surface area is 117 Å². The number of thioether (sulfide) groups is 1. The Morgan fingerprint density at radius 2 is 1.95 bits per heavy atom. The Hall–Kier alpha value is -1.48. The average Bonchev–Trinajstić information content (AvgIpc) is 2.82. The molecule has 0 bridgehead atoms. The number of hydrogen-bond acceptors (Lipinski definition) is 2. The number of halogens is 1. The molecule has 0 spiro atoms. The molecule has 3 rings (SSSR count). The number of hydrogen-bond donors (Lipinski definition) is 1. The molecule has 0 aliphatic heterocycles. The van der Waals surface area contributed by atoms with Crippen LogP contribution in [0.5, 0.6) is 0 Å². The lowest BCUT2D eigenvalue weighted by atomic mass is 10.1. The van der Waals surface area contributed by atoms with Gasteiger partial charge in [-0.2, -0.15) is 0 Å². The van der Waals surface area contributed by atoms with Gasteiger partial charge in [0, 0.05) is 10.6 Å². The zero-order valence-corrected chi connectivity index (χ0v) is 11.6. The van der Waals surface area contributed by atoms with E-state index in [0.717, 1.165) is 24.1 Å². The van der Waals surface area contributed by atoms with Crippen molar-refractivity contribution in [1.82, 2.24) is 0 Å². The molecule has 0 aromatic heterocycles. The summed E-state index contributed by atoms with van der Waals surface area (Å²) in [5.41, 5.74) is 3.49. The van der Waals surface area contributed by atoms with Crippen LogP contribution in [0.1, 0.15) is 23.6 Å². The molecule has 98 valence electrons. The molecule has 0 amide bonds. The first kappa shape index (κ1) is 12.5. The van der Waals surface area contributed by atoms with Crippen molar-refractivity contribution in [2.75, 3.05) is 11.6 Å². The Morgan fingerprint density at radius 1 is 1.16 bits per heavy atom. The Balaban J connectivity index is 1.78. The van der Waals surface area contributed by atoms with Gasteiger partial charge in [0.1, 0.15) is 5.82 Å². The van der Waals surface area contributed by atoms with Crippen molar-refractivity contribution in [3.63, 3.8) is 0 Å². The van der Waals surface area contributed by atoms with E-state index in [-0.39, 0.29) is 5.82 Å². The van der Waals surface area contributed by atoms with Crippen LogP contribution in [0.3, 0.4) is 0 Å². The molecule has 0 fully saturated rings. The van der Waals surface area contributed by atoms with Gasteiger partial charge in [-0.05, 0) is 66.6 Å². The summed E-state index contributed by atoms with van der Waals surface area (Å²) in [5.74, 6) is -0.135. The molecule has 1 aliphatic carbocycles. The maximum Gasteiger partial charge on any atom is 0.123 e. The highest BCUT2D eigenvalue weighted by Crippen LogP contribution is 2.34. The van der Waals surface area contributed by atoms with Gasteiger partial charge in [0.2, 0.25) is 0 Å². The molecule has 0 radical (unpaired) electrons. The maximum absolute atomic E-state index is 13.2. The molecular weight excluding hydrogens is 257 g/mol. The third kappa shape index (κ3) is 2.61. The quantitative estimate of drug-likeness (QED) is 0.817. The summed E-state index contributed by atoms with van der Waals surface area (Å²) in [4.78, 5) is 1.26. The number of anilines is 1. The highest BCUT2D eigenvalue weighted by atomic mass is 32.2. The van der Waals surface area contributed by atoms with Crippen LogP contribution < -0.4 is 5.32 Å². The van der Waals surface area contributed by atoms with Crippen molar-refractivity contribution in [1.29, 1.82) is 0 Å². The summed E-state index contributed by atoms with van der Waals surface area (Å²) < 4.78 is 13.2. The van der Waals surface area contributed by atoms with Crippen LogP contribution in [0.15, 0.2) is 47.4 Å². The van der Waals surface area contributed by atoms with Crippen molar-refractivity contribution in [2.24, 2.45) is 0 Å². The van der Waals surface area contributed by atoms with Crippen LogP contribution in [-0.2, 0) is 6.42 Å². The van der Waals surface area contributed by atoms with Crippen LogP contribution in [0.4, 0.5) is 10.1 Å². The van der Waals surface area contributed by atoms with E-state index in [9.17, 15) is 4.39 Å². The van der Waals surface area contributed by atoms with Crippen LogP contribution in [-0.4, -0.2) is 6.26 Å². The van der Waals surface area contributed by atoms with Crippen LogP contribution in [0.2, 0.25) is 0 Å². The number of fused-ring (bicyclic) bond motifs is 1. The normalized spacial score (nSPS) is 17.3. The van der Waals surface area contributed by atoms with Crippen molar-refractivity contribution in [3.8, 4) is 0 Å². The van der Waals surface area contributed by atoms with Gasteiger partial charge in [-0.25, -0.2) is 4.39 Å². The second-order valence-electron chi connectivity index (χ2n) is 4.81. The Morgan fingerprint density at radius 3 is 2.68 bits per heavy atom. The van der Waals surface area contributed by atoms with Gasteiger partial charge in [0.05, 0.1) is 6.04 Å². The Bertz CT molecular complexity index is 580.